The Bertz CT molecular complexity index is 575. The summed E-state index contributed by atoms with van der Waals surface area (Å²) in [5.74, 6) is 0.991. The summed E-state index contributed by atoms with van der Waals surface area (Å²) in [5, 5.41) is 8.26. The van der Waals surface area contributed by atoms with E-state index in [0.29, 0.717) is 6.61 Å². The Morgan fingerprint density at radius 1 is 1.10 bits per heavy atom. The second kappa shape index (κ2) is 6.55. The van der Waals surface area contributed by atoms with Crippen LogP contribution in [0.3, 0.4) is 0 Å². The van der Waals surface area contributed by atoms with Crippen molar-refractivity contribution in [1.29, 1.82) is 0 Å². The lowest BCUT2D eigenvalue weighted by Gasteiger charge is -2.13. The fraction of sp³-hybridized carbons (Fsp3) is 0.500. The molecule has 108 valence electrons. The van der Waals surface area contributed by atoms with Crippen LogP contribution in [0.15, 0.2) is 18.3 Å². The second-order valence-electron chi connectivity index (χ2n) is 4.97. The van der Waals surface area contributed by atoms with Gasteiger partial charge in [-0.1, -0.05) is 11.3 Å². The first kappa shape index (κ1) is 14.6. The first-order chi connectivity index (χ1) is 9.65. The molecule has 4 nitrogen and oxygen atoms in total. The molecule has 2 aromatic rings. The highest BCUT2D eigenvalue weighted by Crippen LogP contribution is 2.25. The molecule has 0 saturated carbocycles. The zero-order chi connectivity index (χ0) is 14.5. The molecule has 0 fully saturated rings. The molecule has 1 aromatic carbocycles. The van der Waals surface area contributed by atoms with Gasteiger partial charge in [0.05, 0.1) is 12.3 Å². The topological polar surface area (TPSA) is 39.9 Å². The average Bonchev–Trinajstić information content (AvgIpc) is 2.91. The number of nitrogens with zero attached hydrogens (tertiary/aromatic N) is 3. The normalized spacial score (nSPS) is 10.8. The van der Waals surface area contributed by atoms with Crippen LogP contribution in [-0.2, 0) is 19.4 Å². The lowest BCUT2D eigenvalue weighted by atomic mass is 9.98. The van der Waals surface area contributed by atoms with Gasteiger partial charge in [0, 0.05) is 12.7 Å². The quantitative estimate of drug-likeness (QED) is 0.812. The van der Waals surface area contributed by atoms with E-state index in [-0.39, 0.29) is 0 Å². The largest absolute Gasteiger partial charge is 0.494 e. The van der Waals surface area contributed by atoms with E-state index in [4.69, 9.17) is 4.74 Å². The third-order valence-corrected chi connectivity index (χ3v) is 3.71. The van der Waals surface area contributed by atoms with Crippen molar-refractivity contribution in [3.63, 3.8) is 0 Å². The second-order valence-corrected chi connectivity index (χ2v) is 4.97. The Kier molecular flexibility index (Phi) is 4.77. The molecule has 0 N–H and O–H groups in total. The van der Waals surface area contributed by atoms with Gasteiger partial charge in [0.15, 0.2) is 0 Å². The van der Waals surface area contributed by atoms with Gasteiger partial charge in [0.1, 0.15) is 5.75 Å². The van der Waals surface area contributed by atoms with Gasteiger partial charge in [0.25, 0.3) is 0 Å². The van der Waals surface area contributed by atoms with Crippen molar-refractivity contribution in [3.8, 4) is 5.75 Å². The predicted molar refractivity (Wildman–Crippen MR) is 80.2 cm³/mol. The highest BCUT2D eigenvalue weighted by Gasteiger charge is 2.08. The molecule has 0 aliphatic carbocycles. The summed E-state index contributed by atoms with van der Waals surface area (Å²) >= 11 is 0. The minimum absolute atomic E-state index is 0.708. The third kappa shape index (κ3) is 3.18. The standard InChI is InChI=1S/C16H23N3O/c1-5-19-11-15(17-18-19)9-7-14-8-10-16(20-6-2)13(4)12(14)3/h8,10-11H,5-7,9H2,1-4H3. The molecule has 0 atom stereocenters. The number of hydrogen-bond acceptors (Lipinski definition) is 3. The minimum Gasteiger partial charge on any atom is -0.494 e. The molecular formula is C16H23N3O. The van der Waals surface area contributed by atoms with Crippen LogP contribution in [0.4, 0.5) is 0 Å². The van der Waals surface area contributed by atoms with E-state index in [0.717, 1.165) is 30.8 Å². The summed E-state index contributed by atoms with van der Waals surface area (Å²) in [6, 6.07) is 4.24. The van der Waals surface area contributed by atoms with Crippen LogP contribution in [0.5, 0.6) is 5.75 Å². The molecule has 0 aliphatic heterocycles. The molecule has 0 saturated heterocycles. The molecule has 0 spiro atoms. The summed E-state index contributed by atoms with van der Waals surface area (Å²) in [6.45, 7) is 9.94. The van der Waals surface area contributed by atoms with E-state index >= 15 is 0 Å². The van der Waals surface area contributed by atoms with Gasteiger partial charge < -0.3 is 4.74 Å². The molecule has 0 bridgehead atoms. The van der Waals surface area contributed by atoms with Crippen molar-refractivity contribution in [1.82, 2.24) is 15.0 Å². The molecule has 0 radical (unpaired) electrons. The third-order valence-electron chi connectivity index (χ3n) is 3.71. The number of hydrogen-bond donors (Lipinski definition) is 0. The van der Waals surface area contributed by atoms with Gasteiger partial charge in [-0.05, 0) is 63.3 Å². The van der Waals surface area contributed by atoms with Crippen LogP contribution in [0, 0.1) is 13.8 Å². The van der Waals surface area contributed by atoms with Gasteiger partial charge in [-0.2, -0.15) is 0 Å². The van der Waals surface area contributed by atoms with Crippen molar-refractivity contribution < 1.29 is 4.74 Å². The van der Waals surface area contributed by atoms with Crippen molar-refractivity contribution in [2.45, 2.75) is 47.1 Å². The van der Waals surface area contributed by atoms with Crippen LogP contribution in [0.1, 0.15) is 36.2 Å². The number of aryl methyl sites for hydroxylation is 3. The Balaban J connectivity index is 2.07. The number of aromatic nitrogens is 3. The fourth-order valence-electron chi connectivity index (χ4n) is 2.30. The van der Waals surface area contributed by atoms with E-state index in [1.54, 1.807) is 0 Å². The maximum atomic E-state index is 5.63. The Labute approximate surface area is 120 Å². The van der Waals surface area contributed by atoms with Gasteiger partial charge in [-0.25, -0.2) is 0 Å². The molecular weight excluding hydrogens is 250 g/mol. The van der Waals surface area contributed by atoms with Crippen molar-refractivity contribution in [3.05, 3.63) is 40.7 Å². The van der Waals surface area contributed by atoms with Crippen LogP contribution >= 0.6 is 0 Å². The molecule has 0 amide bonds. The lowest BCUT2D eigenvalue weighted by Crippen LogP contribution is -2.00. The molecule has 2 rings (SSSR count). The average molecular weight is 273 g/mol. The Morgan fingerprint density at radius 3 is 2.55 bits per heavy atom. The van der Waals surface area contributed by atoms with Crippen LogP contribution in [-0.4, -0.2) is 21.6 Å². The minimum atomic E-state index is 0.708. The summed E-state index contributed by atoms with van der Waals surface area (Å²) in [5.41, 5.74) is 4.97. The smallest absolute Gasteiger partial charge is 0.122 e. The van der Waals surface area contributed by atoms with Crippen molar-refractivity contribution >= 4 is 0 Å². The molecule has 0 unspecified atom stereocenters. The molecule has 20 heavy (non-hydrogen) atoms. The van der Waals surface area contributed by atoms with Crippen LogP contribution < -0.4 is 4.74 Å². The summed E-state index contributed by atoms with van der Waals surface area (Å²) < 4.78 is 7.49. The van der Waals surface area contributed by atoms with Gasteiger partial charge >= 0.3 is 0 Å². The number of benzene rings is 1. The lowest BCUT2D eigenvalue weighted by molar-refractivity contribution is 0.337. The van der Waals surface area contributed by atoms with Gasteiger partial charge in [0.2, 0.25) is 0 Å². The maximum absolute atomic E-state index is 5.63. The van der Waals surface area contributed by atoms with Crippen molar-refractivity contribution in [2.24, 2.45) is 0 Å². The van der Waals surface area contributed by atoms with Crippen molar-refractivity contribution in [2.75, 3.05) is 6.61 Å². The Hall–Kier alpha value is -1.84. The van der Waals surface area contributed by atoms with Crippen LogP contribution in [0.2, 0.25) is 0 Å². The predicted octanol–water partition coefficient (Wildman–Crippen LogP) is 3.10. The molecule has 4 heteroatoms. The van der Waals surface area contributed by atoms with E-state index in [9.17, 15) is 0 Å². The van der Waals surface area contributed by atoms with Gasteiger partial charge in [-0.15, -0.1) is 5.10 Å². The Morgan fingerprint density at radius 2 is 1.90 bits per heavy atom. The van der Waals surface area contributed by atoms with E-state index in [2.05, 4.69) is 43.2 Å². The fourth-order valence-corrected chi connectivity index (χ4v) is 2.30. The monoisotopic (exact) mass is 273 g/mol. The number of rotatable bonds is 6. The van der Waals surface area contributed by atoms with E-state index in [1.165, 1.54) is 16.7 Å². The SMILES string of the molecule is CCOc1ccc(CCc2cn(CC)nn2)c(C)c1C. The zero-order valence-corrected chi connectivity index (χ0v) is 12.8. The summed E-state index contributed by atoms with van der Waals surface area (Å²) in [4.78, 5) is 0. The highest BCUT2D eigenvalue weighted by atomic mass is 16.5. The van der Waals surface area contributed by atoms with E-state index in [1.807, 2.05) is 17.8 Å². The summed E-state index contributed by atoms with van der Waals surface area (Å²) in [7, 11) is 0. The first-order valence-electron chi connectivity index (χ1n) is 7.26. The zero-order valence-electron chi connectivity index (χ0n) is 12.8. The van der Waals surface area contributed by atoms with E-state index < -0.39 is 0 Å². The molecule has 1 aromatic heterocycles. The first-order valence-corrected chi connectivity index (χ1v) is 7.26. The van der Waals surface area contributed by atoms with Gasteiger partial charge in [-0.3, -0.25) is 4.68 Å². The highest BCUT2D eigenvalue weighted by molar-refractivity contribution is 5.43. The maximum Gasteiger partial charge on any atom is 0.122 e. The number of ether oxygens (including phenoxy) is 1. The molecule has 0 aliphatic rings. The summed E-state index contributed by atoms with van der Waals surface area (Å²) in [6.07, 6.45) is 3.94. The molecule has 1 heterocycles. The van der Waals surface area contributed by atoms with Crippen LogP contribution in [0.25, 0.3) is 0 Å².